The summed E-state index contributed by atoms with van der Waals surface area (Å²) < 4.78 is 0. The minimum absolute atomic E-state index is 0.0156. The molecule has 6 nitrogen and oxygen atoms in total. The third-order valence-corrected chi connectivity index (χ3v) is 6.01. The van der Waals surface area contributed by atoms with Crippen molar-refractivity contribution in [3.8, 4) is 10.6 Å². The fourth-order valence-electron chi connectivity index (χ4n) is 3.39. The summed E-state index contributed by atoms with van der Waals surface area (Å²) in [7, 11) is 0. The number of piperidine rings is 1. The van der Waals surface area contributed by atoms with Crippen LogP contribution in [0.15, 0.2) is 60.9 Å². The molecule has 29 heavy (non-hydrogen) atoms. The summed E-state index contributed by atoms with van der Waals surface area (Å²) in [6, 6.07) is 15.6. The molecule has 0 saturated carbocycles. The first-order chi connectivity index (χ1) is 14.2. The summed E-state index contributed by atoms with van der Waals surface area (Å²) in [5.74, 6) is -0.134. The van der Waals surface area contributed by atoms with Crippen LogP contribution in [-0.4, -0.2) is 33.2 Å². The van der Waals surface area contributed by atoms with E-state index in [-0.39, 0.29) is 17.7 Å². The highest BCUT2D eigenvalue weighted by Crippen LogP contribution is 2.25. The lowest BCUT2D eigenvalue weighted by molar-refractivity contribution is -0.139. The van der Waals surface area contributed by atoms with E-state index < -0.39 is 0 Å². The maximum Gasteiger partial charge on any atom is 0.225 e. The molecule has 1 N–H and O–H groups in total. The zero-order valence-electron chi connectivity index (χ0n) is 16.0. The number of amides is 2. The zero-order valence-corrected chi connectivity index (χ0v) is 16.8. The van der Waals surface area contributed by atoms with Crippen LogP contribution in [0.3, 0.4) is 0 Å². The third kappa shape index (κ3) is 4.86. The molecule has 7 heteroatoms. The summed E-state index contributed by atoms with van der Waals surface area (Å²) >= 11 is 1.58. The second-order valence-electron chi connectivity index (χ2n) is 7.05. The van der Waals surface area contributed by atoms with Gasteiger partial charge < -0.3 is 10.2 Å². The number of nitrogens with one attached hydrogen (secondary N) is 1. The van der Waals surface area contributed by atoms with Crippen LogP contribution in [0.5, 0.6) is 0 Å². The molecule has 4 rings (SSSR count). The SMILES string of the molecule is O=C(NCc1cnc(-c2ccccc2)s1)[C@@H]1CCC(=O)N(Cc2ccccn2)C1. The summed E-state index contributed by atoms with van der Waals surface area (Å²) in [6.45, 7) is 1.33. The molecule has 3 aromatic rings. The first-order valence-corrected chi connectivity index (χ1v) is 10.5. The maximum atomic E-state index is 12.7. The van der Waals surface area contributed by atoms with Crippen LogP contribution in [0.1, 0.15) is 23.4 Å². The fraction of sp³-hybridized carbons (Fsp3) is 0.273. The zero-order chi connectivity index (χ0) is 20.1. The summed E-state index contributed by atoms with van der Waals surface area (Å²) in [6.07, 6.45) is 4.50. The predicted octanol–water partition coefficient (Wildman–Crippen LogP) is 3.26. The van der Waals surface area contributed by atoms with Gasteiger partial charge in [-0.1, -0.05) is 36.4 Å². The molecular formula is C22H22N4O2S. The molecule has 1 saturated heterocycles. The van der Waals surface area contributed by atoms with Crippen LogP contribution in [-0.2, 0) is 22.7 Å². The lowest BCUT2D eigenvalue weighted by Crippen LogP contribution is -2.45. The number of thiazole rings is 1. The van der Waals surface area contributed by atoms with Crippen molar-refractivity contribution in [1.82, 2.24) is 20.2 Å². The lowest BCUT2D eigenvalue weighted by Gasteiger charge is -2.31. The Balaban J connectivity index is 1.32. The lowest BCUT2D eigenvalue weighted by atomic mass is 9.96. The number of pyridine rings is 1. The molecule has 1 atom stereocenters. The van der Waals surface area contributed by atoms with Crippen LogP contribution < -0.4 is 5.32 Å². The Kier molecular flexibility index (Phi) is 5.95. The largest absolute Gasteiger partial charge is 0.351 e. The number of aromatic nitrogens is 2. The summed E-state index contributed by atoms with van der Waals surface area (Å²) in [5, 5.41) is 3.95. The smallest absolute Gasteiger partial charge is 0.225 e. The number of rotatable bonds is 6. The molecule has 2 amide bonds. The van der Waals surface area contributed by atoms with Gasteiger partial charge in [-0.2, -0.15) is 0 Å². The molecule has 0 aliphatic carbocycles. The average molecular weight is 407 g/mol. The highest BCUT2D eigenvalue weighted by molar-refractivity contribution is 7.15. The predicted molar refractivity (Wildman–Crippen MR) is 112 cm³/mol. The second-order valence-corrected chi connectivity index (χ2v) is 8.16. The van der Waals surface area contributed by atoms with E-state index in [2.05, 4.69) is 15.3 Å². The van der Waals surface area contributed by atoms with E-state index in [1.165, 1.54) is 0 Å². The van der Waals surface area contributed by atoms with Crippen molar-refractivity contribution < 1.29 is 9.59 Å². The topological polar surface area (TPSA) is 75.2 Å². The number of carbonyl (C=O) groups excluding carboxylic acids is 2. The van der Waals surface area contributed by atoms with Gasteiger partial charge in [0.05, 0.1) is 24.7 Å². The number of benzene rings is 1. The molecule has 1 fully saturated rings. The number of hydrogen-bond acceptors (Lipinski definition) is 5. The number of likely N-dealkylation sites (tertiary alicyclic amines) is 1. The van der Waals surface area contributed by atoms with Crippen molar-refractivity contribution in [2.24, 2.45) is 5.92 Å². The normalized spacial score (nSPS) is 16.6. The van der Waals surface area contributed by atoms with Crippen LogP contribution >= 0.6 is 11.3 Å². The number of nitrogens with zero attached hydrogens (tertiary/aromatic N) is 3. The van der Waals surface area contributed by atoms with Crippen molar-refractivity contribution in [3.63, 3.8) is 0 Å². The first kappa shape index (κ1) is 19.3. The maximum absolute atomic E-state index is 12.7. The van der Waals surface area contributed by atoms with Crippen molar-refractivity contribution >= 4 is 23.2 Å². The Morgan fingerprint density at radius 2 is 1.97 bits per heavy atom. The van der Waals surface area contributed by atoms with Crippen molar-refractivity contribution in [1.29, 1.82) is 0 Å². The standard InChI is InChI=1S/C22H22N4O2S/c27-20-10-9-17(14-26(20)15-18-8-4-5-11-23-18)21(28)24-12-19-13-25-22(29-19)16-6-2-1-3-7-16/h1-8,11,13,17H,9-10,12,14-15H2,(H,24,28)/t17-/m1/s1. The van der Waals surface area contributed by atoms with E-state index in [1.807, 2.05) is 54.7 Å². The van der Waals surface area contributed by atoms with E-state index in [0.717, 1.165) is 21.1 Å². The third-order valence-electron chi connectivity index (χ3n) is 4.96. The fourth-order valence-corrected chi connectivity index (χ4v) is 4.25. The molecule has 1 aromatic carbocycles. The molecular weight excluding hydrogens is 384 g/mol. The molecule has 0 bridgehead atoms. The number of hydrogen-bond donors (Lipinski definition) is 1. The van der Waals surface area contributed by atoms with Crippen LogP contribution in [0.4, 0.5) is 0 Å². The van der Waals surface area contributed by atoms with Crippen molar-refractivity contribution in [2.75, 3.05) is 6.54 Å². The Bertz CT molecular complexity index is 975. The molecule has 0 spiro atoms. The highest BCUT2D eigenvalue weighted by Gasteiger charge is 2.30. The molecule has 148 valence electrons. The number of carbonyl (C=O) groups is 2. The van der Waals surface area contributed by atoms with Crippen molar-refractivity contribution in [3.05, 3.63) is 71.5 Å². The van der Waals surface area contributed by atoms with Gasteiger partial charge in [0.2, 0.25) is 11.8 Å². The molecule has 3 heterocycles. The minimum Gasteiger partial charge on any atom is -0.351 e. The molecule has 1 aliphatic rings. The summed E-state index contributed by atoms with van der Waals surface area (Å²) in [4.78, 5) is 36.4. The van der Waals surface area contributed by atoms with Crippen LogP contribution in [0.2, 0.25) is 0 Å². The Hall–Kier alpha value is -3.06. The van der Waals surface area contributed by atoms with Gasteiger partial charge in [-0.25, -0.2) is 4.98 Å². The van der Waals surface area contributed by atoms with E-state index >= 15 is 0 Å². The van der Waals surface area contributed by atoms with Crippen LogP contribution in [0.25, 0.3) is 10.6 Å². The van der Waals surface area contributed by atoms with Gasteiger partial charge >= 0.3 is 0 Å². The van der Waals surface area contributed by atoms with Gasteiger partial charge in [-0.05, 0) is 18.6 Å². The highest BCUT2D eigenvalue weighted by atomic mass is 32.1. The van der Waals surface area contributed by atoms with Crippen molar-refractivity contribution in [2.45, 2.75) is 25.9 Å². The Morgan fingerprint density at radius 3 is 2.76 bits per heavy atom. The van der Waals surface area contributed by atoms with Gasteiger partial charge in [-0.3, -0.25) is 14.6 Å². The van der Waals surface area contributed by atoms with Gasteiger partial charge in [0.1, 0.15) is 5.01 Å². The first-order valence-electron chi connectivity index (χ1n) is 9.64. The Labute approximate surface area is 173 Å². The minimum atomic E-state index is -0.196. The molecule has 2 aromatic heterocycles. The quantitative estimate of drug-likeness (QED) is 0.682. The van der Waals surface area contributed by atoms with E-state index in [0.29, 0.717) is 32.5 Å². The van der Waals surface area contributed by atoms with E-state index in [4.69, 9.17) is 0 Å². The van der Waals surface area contributed by atoms with Gasteiger partial charge in [-0.15, -0.1) is 11.3 Å². The summed E-state index contributed by atoms with van der Waals surface area (Å²) in [5.41, 5.74) is 1.91. The molecule has 0 unspecified atom stereocenters. The molecule has 0 radical (unpaired) electrons. The molecule has 1 aliphatic heterocycles. The monoisotopic (exact) mass is 406 g/mol. The van der Waals surface area contributed by atoms with Gasteiger partial charge in [0.25, 0.3) is 0 Å². The van der Waals surface area contributed by atoms with Crippen LogP contribution in [0, 0.1) is 5.92 Å². The van der Waals surface area contributed by atoms with Gasteiger partial charge in [0.15, 0.2) is 0 Å². The van der Waals surface area contributed by atoms with E-state index in [9.17, 15) is 9.59 Å². The van der Waals surface area contributed by atoms with E-state index in [1.54, 1.807) is 22.4 Å². The Morgan fingerprint density at radius 1 is 1.14 bits per heavy atom. The average Bonchev–Trinajstić information content (AvgIpc) is 3.24. The van der Waals surface area contributed by atoms with Gasteiger partial charge in [0, 0.05) is 35.8 Å². The second kappa shape index (κ2) is 8.96.